The second kappa shape index (κ2) is 6.48. The second-order valence-corrected chi connectivity index (χ2v) is 4.88. The summed E-state index contributed by atoms with van der Waals surface area (Å²) in [5, 5.41) is 15.7. The zero-order chi connectivity index (χ0) is 12.8. The molecule has 0 aromatic carbocycles. The first-order chi connectivity index (χ1) is 7.32. The van der Waals surface area contributed by atoms with Crippen LogP contribution in [0.2, 0.25) is 0 Å². The van der Waals surface area contributed by atoms with E-state index in [1.54, 1.807) is 0 Å². The van der Waals surface area contributed by atoms with E-state index in [0.29, 0.717) is 0 Å². The molecular formula is C11H21NO4. The van der Waals surface area contributed by atoms with Crippen molar-refractivity contribution in [1.29, 1.82) is 0 Å². The van der Waals surface area contributed by atoms with Crippen LogP contribution < -0.4 is 0 Å². The van der Waals surface area contributed by atoms with Gasteiger partial charge < -0.3 is 10.2 Å². The smallest absolute Gasteiger partial charge is 0.306 e. The number of likely N-dealkylation sites (tertiary alicyclic amines) is 1. The Morgan fingerprint density at radius 2 is 1.69 bits per heavy atom. The van der Waals surface area contributed by atoms with Crippen molar-refractivity contribution in [1.82, 2.24) is 4.90 Å². The topological polar surface area (TPSA) is 77.8 Å². The minimum atomic E-state index is -0.631. The maximum absolute atomic E-state index is 10.7. The first kappa shape index (κ1) is 14.9. The highest BCUT2D eigenvalue weighted by molar-refractivity contribution is 5.70. The van der Waals surface area contributed by atoms with Crippen LogP contribution in [0.4, 0.5) is 0 Å². The van der Waals surface area contributed by atoms with Crippen LogP contribution in [0.5, 0.6) is 0 Å². The van der Waals surface area contributed by atoms with E-state index >= 15 is 0 Å². The van der Waals surface area contributed by atoms with Gasteiger partial charge in [-0.2, -0.15) is 0 Å². The Morgan fingerprint density at radius 3 is 1.94 bits per heavy atom. The average molecular weight is 231 g/mol. The number of piperidine rings is 1. The van der Waals surface area contributed by atoms with E-state index in [2.05, 4.69) is 25.7 Å². The molecule has 16 heavy (non-hydrogen) atoms. The highest BCUT2D eigenvalue weighted by atomic mass is 16.4. The fourth-order valence-corrected chi connectivity index (χ4v) is 1.80. The van der Waals surface area contributed by atoms with Crippen LogP contribution >= 0.6 is 0 Å². The number of nitrogens with zero attached hydrogens (tertiary/aromatic N) is 1. The summed E-state index contributed by atoms with van der Waals surface area (Å²) in [5.74, 6) is -0.743. The number of carboxylic acids is 1. The molecular weight excluding hydrogens is 210 g/mol. The quantitative estimate of drug-likeness (QED) is 0.665. The van der Waals surface area contributed by atoms with Crippen LogP contribution in [0.15, 0.2) is 0 Å². The maximum Gasteiger partial charge on any atom is 0.306 e. The van der Waals surface area contributed by atoms with Crippen molar-refractivity contribution in [2.24, 2.45) is 5.92 Å². The molecule has 5 nitrogen and oxygen atoms in total. The number of hydrogen-bond acceptors (Lipinski definition) is 3. The third-order valence-corrected chi connectivity index (χ3v) is 2.79. The van der Waals surface area contributed by atoms with E-state index in [9.17, 15) is 4.79 Å². The first-order valence-electron chi connectivity index (χ1n) is 5.38. The summed E-state index contributed by atoms with van der Waals surface area (Å²) in [7, 11) is 0. The largest absolute Gasteiger partial charge is 0.483 e. The average Bonchev–Trinajstić information content (AvgIpc) is 2.18. The fourth-order valence-electron chi connectivity index (χ4n) is 1.80. The zero-order valence-electron chi connectivity index (χ0n) is 10.1. The Bertz CT molecular complexity index is 227. The standard InChI is InChI=1S/C10H19NO2.CH2O2/c1-10(2,3)11-6-4-8(5-7-11)9(12)13;2-1-3/h8H,4-7H2,1-3H3,(H,12,13);1H,(H,2,3). The minimum absolute atomic E-state index is 0.112. The van der Waals surface area contributed by atoms with E-state index in [0.717, 1.165) is 25.9 Å². The molecule has 0 atom stereocenters. The molecule has 0 unspecified atom stereocenters. The molecule has 0 aliphatic carbocycles. The number of rotatable bonds is 1. The zero-order valence-corrected chi connectivity index (χ0v) is 10.1. The van der Waals surface area contributed by atoms with E-state index in [-0.39, 0.29) is 17.9 Å². The summed E-state index contributed by atoms with van der Waals surface area (Å²) in [6, 6.07) is 0. The molecule has 1 fully saturated rings. The molecule has 0 amide bonds. The van der Waals surface area contributed by atoms with Gasteiger partial charge in [-0.05, 0) is 46.7 Å². The first-order valence-corrected chi connectivity index (χ1v) is 5.38. The number of hydrogen-bond donors (Lipinski definition) is 2. The molecule has 0 saturated carbocycles. The second-order valence-electron chi connectivity index (χ2n) is 4.88. The normalized spacial score (nSPS) is 18.4. The number of carbonyl (C=O) groups is 2. The predicted octanol–water partition coefficient (Wildman–Crippen LogP) is 1.28. The molecule has 0 aromatic heterocycles. The Hall–Kier alpha value is -1.10. The minimum Gasteiger partial charge on any atom is -0.483 e. The van der Waals surface area contributed by atoms with E-state index < -0.39 is 5.97 Å². The summed E-state index contributed by atoms with van der Waals surface area (Å²) < 4.78 is 0. The monoisotopic (exact) mass is 231 g/mol. The van der Waals surface area contributed by atoms with Gasteiger partial charge in [-0.1, -0.05) is 0 Å². The van der Waals surface area contributed by atoms with Gasteiger partial charge >= 0.3 is 5.97 Å². The highest BCUT2D eigenvalue weighted by Crippen LogP contribution is 2.23. The van der Waals surface area contributed by atoms with Crippen LogP contribution in [-0.2, 0) is 9.59 Å². The molecule has 0 bridgehead atoms. The number of carboxylic acid groups (broad SMARTS) is 2. The molecule has 0 aromatic rings. The van der Waals surface area contributed by atoms with Crippen molar-refractivity contribution in [2.45, 2.75) is 39.2 Å². The Morgan fingerprint density at radius 1 is 1.31 bits per heavy atom. The van der Waals surface area contributed by atoms with Gasteiger partial charge in [-0.3, -0.25) is 14.5 Å². The van der Waals surface area contributed by atoms with E-state index in [1.807, 2.05) is 0 Å². The van der Waals surface area contributed by atoms with Crippen molar-refractivity contribution in [3.63, 3.8) is 0 Å². The molecule has 1 saturated heterocycles. The molecule has 2 N–H and O–H groups in total. The van der Waals surface area contributed by atoms with Gasteiger partial charge in [0.1, 0.15) is 0 Å². The highest BCUT2D eigenvalue weighted by Gasteiger charge is 2.29. The van der Waals surface area contributed by atoms with Crippen molar-refractivity contribution < 1.29 is 19.8 Å². The molecule has 1 aliphatic rings. The maximum atomic E-state index is 10.7. The van der Waals surface area contributed by atoms with Gasteiger partial charge in [0.25, 0.3) is 6.47 Å². The molecule has 1 aliphatic heterocycles. The van der Waals surface area contributed by atoms with Gasteiger partial charge in [-0.25, -0.2) is 0 Å². The third kappa shape index (κ3) is 5.11. The van der Waals surface area contributed by atoms with Gasteiger partial charge in [0, 0.05) is 5.54 Å². The SMILES string of the molecule is CC(C)(C)N1CCC(C(=O)O)CC1.O=CO. The summed E-state index contributed by atoms with van der Waals surface area (Å²) >= 11 is 0. The molecule has 0 radical (unpaired) electrons. The molecule has 1 heterocycles. The van der Waals surface area contributed by atoms with E-state index in [4.69, 9.17) is 15.0 Å². The summed E-state index contributed by atoms with van der Waals surface area (Å²) in [5.41, 5.74) is 0.184. The number of aliphatic carboxylic acids is 1. The lowest BCUT2D eigenvalue weighted by atomic mass is 9.93. The van der Waals surface area contributed by atoms with Gasteiger partial charge in [0.2, 0.25) is 0 Å². The molecule has 0 spiro atoms. The lowest BCUT2D eigenvalue weighted by molar-refractivity contribution is -0.143. The Kier molecular flexibility index (Phi) is 6.03. The fraction of sp³-hybridized carbons (Fsp3) is 0.818. The van der Waals surface area contributed by atoms with Crippen LogP contribution in [0.25, 0.3) is 0 Å². The van der Waals surface area contributed by atoms with Crippen LogP contribution in [-0.4, -0.2) is 46.2 Å². The van der Waals surface area contributed by atoms with E-state index in [1.165, 1.54) is 0 Å². The predicted molar refractivity (Wildman–Crippen MR) is 60.4 cm³/mol. The molecule has 94 valence electrons. The summed E-state index contributed by atoms with van der Waals surface area (Å²) in [6.07, 6.45) is 1.60. The van der Waals surface area contributed by atoms with Crippen molar-refractivity contribution in [3.05, 3.63) is 0 Å². The van der Waals surface area contributed by atoms with Crippen molar-refractivity contribution in [2.75, 3.05) is 13.1 Å². The van der Waals surface area contributed by atoms with Gasteiger partial charge in [0.05, 0.1) is 5.92 Å². The van der Waals surface area contributed by atoms with Crippen LogP contribution in [0.1, 0.15) is 33.6 Å². The van der Waals surface area contributed by atoms with Crippen molar-refractivity contribution >= 4 is 12.4 Å². The molecule has 1 rings (SSSR count). The lowest BCUT2D eigenvalue weighted by Crippen LogP contribution is -2.47. The van der Waals surface area contributed by atoms with Crippen molar-refractivity contribution in [3.8, 4) is 0 Å². The lowest BCUT2D eigenvalue weighted by Gasteiger charge is -2.39. The van der Waals surface area contributed by atoms with Crippen LogP contribution in [0.3, 0.4) is 0 Å². The molecule has 5 heteroatoms. The summed E-state index contributed by atoms with van der Waals surface area (Å²) in [6.45, 7) is 8.11. The summed E-state index contributed by atoms with van der Waals surface area (Å²) in [4.78, 5) is 21.4. The van der Waals surface area contributed by atoms with Gasteiger partial charge in [-0.15, -0.1) is 0 Å². The van der Waals surface area contributed by atoms with Gasteiger partial charge in [0.15, 0.2) is 0 Å². The van der Waals surface area contributed by atoms with Crippen LogP contribution in [0, 0.1) is 5.92 Å². The Labute approximate surface area is 96.1 Å². The Balaban J connectivity index is 0.000000673. The third-order valence-electron chi connectivity index (χ3n) is 2.79.